The molecule has 1 atom stereocenters. The highest BCUT2D eigenvalue weighted by molar-refractivity contribution is 14.1. The van der Waals surface area contributed by atoms with Crippen molar-refractivity contribution >= 4 is 28.5 Å². The maximum atomic E-state index is 13.6. The first kappa shape index (κ1) is 13.7. The molecule has 0 spiro atoms. The number of carbonyl (C=O) groups excluding carboxylic acids is 1. The van der Waals surface area contributed by atoms with Crippen molar-refractivity contribution in [3.05, 3.63) is 32.9 Å². The van der Waals surface area contributed by atoms with E-state index in [9.17, 15) is 13.6 Å². The number of carbonyl (C=O) groups is 1. The van der Waals surface area contributed by atoms with E-state index in [0.717, 1.165) is 18.9 Å². The monoisotopic (exact) mass is 365 g/mol. The third-order valence-corrected chi connectivity index (χ3v) is 4.01. The van der Waals surface area contributed by atoms with Crippen LogP contribution >= 0.6 is 22.6 Å². The zero-order chi connectivity index (χ0) is 13.3. The number of halogens is 3. The Morgan fingerprint density at radius 2 is 2.11 bits per heavy atom. The maximum absolute atomic E-state index is 13.6. The van der Waals surface area contributed by atoms with Crippen LogP contribution in [0.4, 0.5) is 8.78 Å². The summed E-state index contributed by atoms with van der Waals surface area (Å²) in [5.74, 6) is -1.31. The van der Waals surface area contributed by atoms with Crippen molar-refractivity contribution in [3.63, 3.8) is 0 Å². The zero-order valence-corrected chi connectivity index (χ0v) is 12.2. The second kappa shape index (κ2) is 5.50. The van der Waals surface area contributed by atoms with Gasteiger partial charge in [-0.2, -0.15) is 0 Å². The minimum absolute atomic E-state index is 0.0325. The number of rotatable bonds is 1. The Kier molecular flexibility index (Phi) is 4.19. The van der Waals surface area contributed by atoms with Gasteiger partial charge in [-0.25, -0.2) is 8.78 Å². The van der Waals surface area contributed by atoms with Crippen molar-refractivity contribution in [2.45, 2.75) is 19.8 Å². The molecular formula is C13H14F2INO. The molecule has 1 aliphatic rings. The van der Waals surface area contributed by atoms with Gasteiger partial charge < -0.3 is 4.90 Å². The van der Waals surface area contributed by atoms with Gasteiger partial charge in [-0.15, -0.1) is 0 Å². The van der Waals surface area contributed by atoms with Gasteiger partial charge in [0, 0.05) is 22.7 Å². The molecule has 0 aliphatic carbocycles. The van der Waals surface area contributed by atoms with Gasteiger partial charge in [-0.05, 0) is 47.4 Å². The summed E-state index contributed by atoms with van der Waals surface area (Å²) >= 11 is 1.76. The van der Waals surface area contributed by atoms with Crippen LogP contribution in [0, 0.1) is 21.1 Å². The molecule has 0 radical (unpaired) electrons. The highest BCUT2D eigenvalue weighted by Crippen LogP contribution is 2.21. The SMILES string of the molecule is CC1CCCN(C(=O)c2cc(I)c(F)cc2F)C1. The molecule has 1 amide bonds. The predicted octanol–water partition coefficient (Wildman–Crippen LogP) is 3.44. The van der Waals surface area contributed by atoms with Crippen molar-refractivity contribution in [1.82, 2.24) is 4.90 Å². The van der Waals surface area contributed by atoms with Crippen LogP contribution in [0.25, 0.3) is 0 Å². The Labute approximate surface area is 118 Å². The fraction of sp³-hybridized carbons (Fsp3) is 0.462. The lowest BCUT2D eigenvalue weighted by molar-refractivity contribution is 0.0678. The van der Waals surface area contributed by atoms with Gasteiger partial charge in [0.05, 0.1) is 5.56 Å². The highest BCUT2D eigenvalue weighted by Gasteiger charge is 2.24. The van der Waals surface area contributed by atoms with Crippen LogP contribution in [-0.4, -0.2) is 23.9 Å². The van der Waals surface area contributed by atoms with Crippen molar-refractivity contribution in [2.75, 3.05) is 13.1 Å². The van der Waals surface area contributed by atoms with Crippen molar-refractivity contribution in [3.8, 4) is 0 Å². The van der Waals surface area contributed by atoms with E-state index in [1.807, 2.05) is 0 Å². The van der Waals surface area contributed by atoms with Crippen molar-refractivity contribution in [2.24, 2.45) is 5.92 Å². The van der Waals surface area contributed by atoms with Gasteiger partial charge >= 0.3 is 0 Å². The largest absolute Gasteiger partial charge is 0.338 e. The normalized spacial score (nSPS) is 20.0. The quantitative estimate of drug-likeness (QED) is 0.552. The van der Waals surface area contributed by atoms with E-state index in [-0.39, 0.29) is 15.0 Å². The molecule has 5 heteroatoms. The number of hydrogen-bond donors (Lipinski definition) is 0. The van der Waals surface area contributed by atoms with Gasteiger partial charge in [0.15, 0.2) is 0 Å². The summed E-state index contributed by atoms with van der Waals surface area (Å²) in [6, 6.07) is 2.06. The molecule has 1 fully saturated rings. The third-order valence-electron chi connectivity index (χ3n) is 3.18. The van der Waals surface area contributed by atoms with Gasteiger partial charge in [0.2, 0.25) is 0 Å². The Bertz CT molecular complexity index is 478. The first-order valence-corrected chi connectivity index (χ1v) is 7.00. The lowest BCUT2D eigenvalue weighted by Gasteiger charge is -2.31. The topological polar surface area (TPSA) is 20.3 Å². The first-order chi connectivity index (χ1) is 8.49. The van der Waals surface area contributed by atoms with Crippen LogP contribution < -0.4 is 0 Å². The average Bonchev–Trinajstić information content (AvgIpc) is 2.33. The minimum atomic E-state index is -0.781. The summed E-state index contributed by atoms with van der Waals surface area (Å²) in [6.45, 7) is 3.37. The Balaban J connectivity index is 2.25. The van der Waals surface area contributed by atoms with E-state index in [1.165, 1.54) is 6.07 Å². The van der Waals surface area contributed by atoms with Gasteiger partial charge in [-0.1, -0.05) is 6.92 Å². The summed E-state index contributed by atoms with van der Waals surface area (Å²) in [6.07, 6.45) is 2.03. The third kappa shape index (κ3) is 2.81. The fourth-order valence-corrected chi connectivity index (χ4v) is 2.70. The van der Waals surface area contributed by atoms with Crippen LogP contribution in [-0.2, 0) is 0 Å². The van der Waals surface area contributed by atoms with Crippen molar-refractivity contribution < 1.29 is 13.6 Å². The standard InChI is InChI=1S/C13H14F2INO/c1-8-3-2-4-17(7-8)13(18)9-5-12(16)11(15)6-10(9)14/h5-6,8H,2-4,7H2,1H3. The molecule has 1 unspecified atom stereocenters. The first-order valence-electron chi connectivity index (χ1n) is 5.93. The Hall–Kier alpha value is -0.720. The number of amides is 1. The number of benzene rings is 1. The number of likely N-dealkylation sites (tertiary alicyclic amines) is 1. The molecule has 1 aromatic carbocycles. The summed E-state index contributed by atoms with van der Waals surface area (Å²) in [5.41, 5.74) is -0.0325. The molecule has 1 heterocycles. The molecule has 0 bridgehead atoms. The molecule has 98 valence electrons. The summed E-state index contributed by atoms with van der Waals surface area (Å²) in [4.78, 5) is 13.8. The molecule has 1 aliphatic heterocycles. The Morgan fingerprint density at radius 3 is 2.78 bits per heavy atom. The molecule has 1 saturated heterocycles. The van der Waals surface area contributed by atoms with Crippen LogP contribution in [0.3, 0.4) is 0 Å². The lowest BCUT2D eigenvalue weighted by Crippen LogP contribution is -2.39. The van der Waals surface area contributed by atoms with E-state index in [4.69, 9.17) is 0 Å². The molecule has 2 rings (SSSR count). The predicted molar refractivity (Wildman–Crippen MR) is 73.4 cm³/mol. The summed E-state index contributed by atoms with van der Waals surface area (Å²) in [7, 11) is 0. The molecule has 0 aromatic heterocycles. The van der Waals surface area contributed by atoms with Crippen LogP contribution in [0.15, 0.2) is 12.1 Å². The van der Waals surface area contributed by atoms with Gasteiger partial charge in [0.25, 0.3) is 5.91 Å². The highest BCUT2D eigenvalue weighted by atomic mass is 127. The second-order valence-electron chi connectivity index (χ2n) is 4.74. The van der Waals surface area contributed by atoms with E-state index in [2.05, 4.69) is 6.92 Å². The van der Waals surface area contributed by atoms with Crippen LogP contribution in [0.2, 0.25) is 0 Å². The summed E-state index contributed by atoms with van der Waals surface area (Å²) < 4.78 is 27.1. The number of nitrogens with zero attached hydrogens (tertiary/aromatic N) is 1. The van der Waals surface area contributed by atoms with E-state index in [0.29, 0.717) is 19.0 Å². The number of piperidine rings is 1. The molecular weight excluding hydrogens is 351 g/mol. The maximum Gasteiger partial charge on any atom is 0.256 e. The zero-order valence-electron chi connectivity index (χ0n) is 10.0. The van der Waals surface area contributed by atoms with E-state index in [1.54, 1.807) is 27.5 Å². The Morgan fingerprint density at radius 1 is 1.39 bits per heavy atom. The number of hydrogen-bond acceptors (Lipinski definition) is 1. The van der Waals surface area contributed by atoms with Gasteiger partial charge in [0.1, 0.15) is 11.6 Å². The van der Waals surface area contributed by atoms with E-state index >= 15 is 0 Å². The molecule has 0 N–H and O–H groups in total. The second-order valence-corrected chi connectivity index (χ2v) is 5.91. The van der Waals surface area contributed by atoms with Crippen molar-refractivity contribution in [1.29, 1.82) is 0 Å². The smallest absolute Gasteiger partial charge is 0.256 e. The fourth-order valence-electron chi connectivity index (χ4n) is 2.23. The lowest BCUT2D eigenvalue weighted by atomic mass is 9.99. The molecule has 1 aromatic rings. The molecule has 0 saturated carbocycles. The van der Waals surface area contributed by atoms with Gasteiger partial charge in [-0.3, -0.25) is 4.79 Å². The molecule has 18 heavy (non-hydrogen) atoms. The average molecular weight is 365 g/mol. The van der Waals surface area contributed by atoms with E-state index < -0.39 is 11.6 Å². The summed E-state index contributed by atoms with van der Waals surface area (Å²) in [5, 5.41) is 0. The van der Waals surface area contributed by atoms with Crippen LogP contribution in [0.5, 0.6) is 0 Å². The minimum Gasteiger partial charge on any atom is -0.338 e. The molecule has 2 nitrogen and oxygen atoms in total. The van der Waals surface area contributed by atoms with Crippen LogP contribution in [0.1, 0.15) is 30.1 Å².